The monoisotopic (exact) mass is 545 g/mol. The van der Waals surface area contributed by atoms with Gasteiger partial charge in [-0.15, -0.1) is 0 Å². The third-order valence-corrected chi connectivity index (χ3v) is 6.89. The first kappa shape index (κ1) is 26.8. The second-order valence-electron chi connectivity index (χ2n) is 9.36. The second kappa shape index (κ2) is 11.0. The molecule has 0 saturated carbocycles. The molecule has 1 aliphatic heterocycles. The molecule has 1 unspecified atom stereocenters. The fraction of sp³-hybridized carbons (Fsp3) is 0.286. The normalized spacial score (nSPS) is 16.1. The van der Waals surface area contributed by atoms with Crippen molar-refractivity contribution in [3.8, 4) is 11.5 Å². The number of benzene rings is 3. The zero-order chi connectivity index (χ0) is 26.7. The van der Waals surface area contributed by atoms with E-state index >= 15 is 0 Å². The summed E-state index contributed by atoms with van der Waals surface area (Å²) in [6.45, 7) is 3.51. The molecule has 0 radical (unpaired) electrons. The topological polar surface area (TPSA) is 76.1 Å². The summed E-state index contributed by atoms with van der Waals surface area (Å²) in [5, 5.41) is 10.0. The van der Waals surface area contributed by atoms with E-state index in [0.29, 0.717) is 34.9 Å². The van der Waals surface area contributed by atoms with Gasteiger partial charge in [0.15, 0.2) is 0 Å². The predicted molar refractivity (Wildman–Crippen MR) is 140 cm³/mol. The first-order chi connectivity index (χ1) is 17.5. The number of hydrogen-bond acceptors (Lipinski definition) is 4. The van der Waals surface area contributed by atoms with Crippen molar-refractivity contribution in [1.29, 1.82) is 0 Å². The van der Waals surface area contributed by atoms with Crippen molar-refractivity contribution in [3.63, 3.8) is 0 Å². The lowest BCUT2D eigenvalue weighted by molar-refractivity contribution is -0.137. The fourth-order valence-electron chi connectivity index (χ4n) is 4.41. The Morgan fingerprint density at radius 1 is 1.11 bits per heavy atom. The Balaban J connectivity index is 1.44. The molecule has 1 atom stereocenters. The lowest BCUT2D eigenvalue weighted by Crippen LogP contribution is -2.38. The number of carboxylic acids is 1. The van der Waals surface area contributed by atoms with Gasteiger partial charge in [-0.05, 0) is 79.1 Å². The van der Waals surface area contributed by atoms with E-state index in [0.717, 1.165) is 16.7 Å². The van der Waals surface area contributed by atoms with Gasteiger partial charge in [0.25, 0.3) is 5.91 Å². The van der Waals surface area contributed by atoms with E-state index < -0.39 is 29.8 Å². The number of ether oxygens (including phenoxy) is 2. The molecule has 0 spiro atoms. The van der Waals surface area contributed by atoms with E-state index in [2.05, 4.69) is 0 Å². The van der Waals surface area contributed by atoms with Crippen molar-refractivity contribution >= 4 is 35.1 Å². The highest BCUT2D eigenvalue weighted by atomic mass is 35.5. The number of rotatable bonds is 9. The van der Waals surface area contributed by atoms with Crippen LogP contribution in [0, 0.1) is 12.7 Å². The zero-order valence-electron chi connectivity index (χ0n) is 20.4. The van der Waals surface area contributed by atoms with Gasteiger partial charge in [0, 0.05) is 23.4 Å². The number of carboxylic acid groups (broad SMARTS) is 1. The number of amides is 1. The number of fused-ring (bicyclic) bond motifs is 1. The van der Waals surface area contributed by atoms with E-state index in [9.17, 15) is 19.1 Å². The zero-order valence-corrected chi connectivity index (χ0v) is 21.9. The van der Waals surface area contributed by atoms with E-state index in [-0.39, 0.29) is 18.2 Å². The smallest absolute Gasteiger partial charge is 0.323 e. The molecule has 9 heteroatoms. The van der Waals surface area contributed by atoms with Gasteiger partial charge in [0.1, 0.15) is 36.1 Å². The summed E-state index contributed by atoms with van der Waals surface area (Å²) in [5.41, 5.74) is 2.15. The number of aliphatic carboxylic acids is 1. The first-order valence-electron chi connectivity index (χ1n) is 11.7. The van der Waals surface area contributed by atoms with Gasteiger partial charge in [0.05, 0.1) is 11.6 Å². The maximum Gasteiger partial charge on any atom is 0.323 e. The summed E-state index contributed by atoms with van der Waals surface area (Å²) in [6.07, 6.45) is 0.956. The Morgan fingerprint density at radius 3 is 2.57 bits per heavy atom. The van der Waals surface area contributed by atoms with Crippen molar-refractivity contribution in [3.05, 3.63) is 92.7 Å². The molecule has 6 nitrogen and oxygen atoms in total. The van der Waals surface area contributed by atoms with Gasteiger partial charge >= 0.3 is 5.97 Å². The molecule has 0 saturated heterocycles. The number of carbonyl (C=O) groups is 2. The number of halogens is 3. The third-order valence-electron chi connectivity index (χ3n) is 6.16. The molecule has 4 rings (SSSR count). The van der Waals surface area contributed by atoms with Crippen LogP contribution < -0.4 is 9.47 Å². The van der Waals surface area contributed by atoms with E-state index in [1.165, 1.54) is 17.0 Å². The summed E-state index contributed by atoms with van der Waals surface area (Å²) < 4.78 is 25.8. The molecule has 3 aromatic carbocycles. The fourth-order valence-corrected chi connectivity index (χ4v) is 4.65. The van der Waals surface area contributed by atoms with E-state index in [1.54, 1.807) is 42.5 Å². The average molecular weight is 546 g/mol. The van der Waals surface area contributed by atoms with Crippen LogP contribution in [0.25, 0.3) is 0 Å². The summed E-state index contributed by atoms with van der Waals surface area (Å²) in [4.78, 5) is 25.9. The largest absolute Gasteiger partial charge is 0.492 e. The molecule has 37 heavy (non-hydrogen) atoms. The Bertz CT molecular complexity index is 1350. The minimum atomic E-state index is -1.12. The Labute approximate surface area is 224 Å². The lowest BCUT2D eigenvalue weighted by atomic mass is 9.91. The average Bonchev–Trinajstić information content (AvgIpc) is 3.17. The van der Waals surface area contributed by atoms with Crippen LogP contribution in [-0.2, 0) is 17.6 Å². The van der Waals surface area contributed by atoms with Crippen LogP contribution in [0.15, 0.2) is 54.6 Å². The quantitative estimate of drug-likeness (QED) is 0.357. The van der Waals surface area contributed by atoms with Crippen LogP contribution in [0.3, 0.4) is 0 Å². The van der Waals surface area contributed by atoms with Crippen LogP contribution in [0.2, 0.25) is 10.0 Å². The maximum atomic E-state index is 13.9. The lowest BCUT2D eigenvalue weighted by Gasteiger charge is -2.24. The Hall–Kier alpha value is -3.29. The number of hydrogen-bond donors (Lipinski definition) is 1. The minimum absolute atomic E-state index is 0.0623. The van der Waals surface area contributed by atoms with Crippen molar-refractivity contribution in [2.24, 2.45) is 0 Å². The van der Waals surface area contributed by atoms with Gasteiger partial charge in [-0.3, -0.25) is 9.59 Å². The highest BCUT2D eigenvalue weighted by molar-refractivity contribution is 6.31. The van der Waals surface area contributed by atoms with Gasteiger partial charge in [-0.1, -0.05) is 29.3 Å². The van der Waals surface area contributed by atoms with Crippen LogP contribution in [0.5, 0.6) is 11.5 Å². The van der Waals surface area contributed by atoms with Gasteiger partial charge < -0.3 is 19.5 Å². The molecule has 1 amide bonds. The summed E-state index contributed by atoms with van der Waals surface area (Å²) in [5.74, 6) is -0.809. The second-order valence-corrected chi connectivity index (χ2v) is 10.2. The maximum absolute atomic E-state index is 13.9. The van der Waals surface area contributed by atoms with E-state index in [4.69, 9.17) is 32.7 Å². The number of aryl methyl sites for hydroxylation is 1. The number of carbonyl (C=O) groups excluding carboxylic acids is 1. The highest BCUT2D eigenvalue weighted by Crippen LogP contribution is 2.38. The molecule has 0 aromatic heterocycles. The molecular formula is C28H26Cl2FNO5. The molecule has 1 aliphatic rings. The van der Waals surface area contributed by atoms with Gasteiger partial charge in [-0.2, -0.15) is 0 Å². The van der Waals surface area contributed by atoms with Crippen molar-refractivity contribution in [1.82, 2.24) is 4.90 Å². The minimum Gasteiger partial charge on any atom is -0.492 e. The van der Waals surface area contributed by atoms with Crippen molar-refractivity contribution < 1.29 is 28.6 Å². The molecule has 1 heterocycles. The summed E-state index contributed by atoms with van der Waals surface area (Å²) in [7, 11) is 0. The van der Waals surface area contributed by atoms with Crippen LogP contribution >= 0.6 is 23.2 Å². The summed E-state index contributed by atoms with van der Waals surface area (Å²) in [6, 6.07) is 14.9. The van der Waals surface area contributed by atoms with E-state index in [1.807, 2.05) is 13.8 Å². The van der Waals surface area contributed by atoms with Crippen LogP contribution in [0.4, 0.5) is 4.39 Å². The van der Waals surface area contributed by atoms with Gasteiger partial charge in [0.2, 0.25) is 0 Å². The Morgan fingerprint density at radius 2 is 1.86 bits per heavy atom. The molecule has 3 aromatic rings. The first-order valence-corrected chi connectivity index (χ1v) is 12.4. The van der Waals surface area contributed by atoms with Gasteiger partial charge in [-0.25, -0.2) is 4.39 Å². The summed E-state index contributed by atoms with van der Waals surface area (Å²) >= 11 is 11.8. The number of nitrogens with zero attached hydrogens (tertiary/aromatic N) is 1. The Kier molecular flexibility index (Phi) is 7.95. The van der Waals surface area contributed by atoms with Crippen molar-refractivity contribution in [2.75, 3.05) is 19.7 Å². The molecule has 194 valence electrons. The SMILES string of the molecule is Cc1cc(OCCN(CC(=O)O)C(=O)c2ccc3c(c2)CC(C)(Cc2ccc(Cl)c(F)c2)O3)ccc1Cl. The predicted octanol–water partition coefficient (Wildman–Crippen LogP) is 5.98. The highest BCUT2D eigenvalue weighted by Gasteiger charge is 2.36. The molecule has 1 N–H and O–H groups in total. The molecule has 0 aliphatic carbocycles. The third kappa shape index (κ3) is 6.53. The molecule has 0 bridgehead atoms. The molecule has 0 fully saturated rings. The standard InChI is InChI=1S/C28H26Cl2FNO5/c1-17-11-21(5-7-22(17)29)36-10-9-32(16-26(33)34)27(35)19-4-8-25-20(13-19)15-28(2,37-25)14-18-3-6-23(30)24(31)12-18/h3-8,11-13H,9-10,14-16H2,1-2H3,(H,33,34). The molecular weight excluding hydrogens is 520 g/mol. The van der Waals surface area contributed by atoms with Crippen LogP contribution in [-0.4, -0.2) is 47.2 Å². The van der Waals surface area contributed by atoms with Crippen LogP contribution in [0.1, 0.15) is 34.0 Å². The van der Waals surface area contributed by atoms with Crippen molar-refractivity contribution in [2.45, 2.75) is 32.3 Å².